The number of unbranched alkanes of at least 4 members (excludes halogenated alkanes) is 3. The van der Waals surface area contributed by atoms with Gasteiger partial charge in [0.25, 0.3) is 0 Å². The van der Waals surface area contributed by atoms with Crippen molar-refractivity contribution in [3.05, 3.63) is 33.2 Å². The van der Waals surface area contributed by atoms with Gasteiger partial charge in [-0.05, 0) is 0 Å². The average Bonchev–Trinajstić information content (AvgIpc) is 2.65. The van der Waals surface area contributed by atoms with Gasteiger partial charge < -0.3 is 0 Å². The quantitative estimate of drug-likeness (QED) is 0.541. The van der Waals surface area contributed by atoms with Crippen molar-refractivity contribution in [2.45, 2.75) is 39.0 Å². The molecule has 0 aliphatic heterocycles. The molecule has 86 valence electrons. The van der Waals surface area contributed by atoms with Crippen molar-refractivity contribution < 1.29 is 0 Å². The Kier molecular flexibility index (Phi) is 4.69. The van der Waals surface area contributed by atoms with Crippen LogP contribution in [0.4, 0.5) is 0 Å². The molecule has 0 N–H and O–H groups in total. The maximum absolute atomic E-state index is 3.64. The molecule has 1 heterocycles. The van der Waals surface area contributed by atoms with Gasteiger partial charge in [0.05, 0.1) is 0 Å². The van der Waals surface area contributed by atoms with Gasteiger partial charge in [0.2, 0.25) is 0 Å². The Balaban J connectivity index is 2.11. The van der Waals surface area contributed by atoms with Gasteiger partial charge in [-0.15, -0.1) is 0 Å². The number of hydrogen-bond acceptors (Lipinski definition) is 0. The van der Waals surface area contributed by atoms with Crippen molar-refractivity contribution in [2.24, 2.45) is 0 Å². The minimum absolute atomic E-state index is 0.524. The van der Waals surface area contributed by atoms with Gasteiger partial charge in [-0.3, -0.25) is 0 Å². The molecule has 1 aromatic carbocycles. The molecule has 1 aromatic heterocycles. The summed E-state index contributed by atoms with van der Waals surface area (Å²) in [6.07, 6.45) is 6.69. The first-order chi connectivity index (χ1) is 7.81. The molecular weight excluding hydrogens is 327 g/mol. The summed E-state index contributed by atoms with van der Waals surface area (Å²) in [6, 6.07) is 9.03. The molecule has 0 amide bonds. The monoisotopic (exact) mass is 344 g/mol. The SMILES string of the molecule is CCCCCCc1cccc2cc(Br)[se]c12. The molecule has 0 aliphatic carbocycles. The molecule has 0 saturated heterocycles. The van der Waals surface area contributed by atoms with Gasteiger partial charge in [-0.1, -0.05) is 0 Å². The molecule has 0 atom stereocenters. The van der Waals surface area contributed by atoms with E-state index in [1.807, 2.05) is 0 Å². The van der Waals surface area contributed by atoms with E-state index < -0.39 is 0 Å². The summed E-state index contributed by atoms with van der Waals surface area (Å²) < 4.78 is 2.99. The molecule has 0 radical (unpaired) electrons. The Hall–Kier alpha value is -0.0405. The fraction of sp³-hybridized carbons (Fsp3) is 0.429. The van der Waals surface area contributed by atoms with Gasteiger partial charge in [-0.25, -0.2) is 0 Å². The van der Waals surface area contributed by atoms with E-state index in [1.54, 1.807) is 9.82 Å². The summed E-state index contributed by atoms with van der Waals surface area (Å²) >= 11 is 4.16. The number of fused-ring (bicyclic) bond motifs is 1. The van der Waals surface area contributed by atoms with Gasteiger partial charge in [-0.2, -0.15) is 0 Å². The maximum atomic E-state index is 3.64. The van der Waals surface area contributed by atoms with E-state index >= 15 is 0 Å². The third kappa shape index (κ3) is 3.00. The average molecular weight is 344 g/mol. The molecular formula is C14H17BrSe. The molecule has 16 heavy (non-hydrogen) atoms. The molecule has 0 spiro atoms. The molecule has 0 nitrogen and oxygen atoms in total. The molecule has 0 bridgehead atoms. The Morgan fingerprint density at radius 3 is 2.88 bits per heavy atom. The van der Waals surface area contributed by atoms with Gasteiger partial charge in [0.1, 0.15) is 0 Å². The van der Waals surface area contributed by atoms with Crippen LogP contribution in [-0.4, -0.2) is 14.5 Å². The van der Waals surface area contributed by atoms with Crippen molar-refractivity contribution in [2.75, 3.05) is 0 Å². The van der Waals surface area contributed by atoms with E-state index in [4.69, 9.17) is 0 Å². The van der Waals surface area contributed by atoms with Crippen molar-refractivity contribution in [3.63, 3.8) is 0 Å². The topological polar surface area (TPSA) is 0 Å². The summed E-state index contributed by atoms with van der Waals surface area (Å²) in [5.74, 6) is 0. The van der Waals surface area contributed by atoms with Crippen molar-refractivity contribution in [1.82, 2.24) is 0 Å². The van der Waals surface area contributed by atoms with Crippen LogP contribution in [0, 0.1) is 0 Å². The molecule has 2 heteroatoms. The molecule has 2 rings (SSSR count). The number of rotatable bonds is 5. The first-order valence-electron chi connectivity index (χ1n) is 5.98. The van der Waals surface area contributed by atoms with E-state index in [1.165, 1.54) is 40.8 Å². The van der Waals surface area contributed by atoms with Gasteiger partial charge in [0.15, 0.2) is 0 Å². The zero-order valence-corrected chi connectivity index (χ0v) is 12.9. The van der Waals surface area contributed by atoms with E-state index in [0.29, 0.717) is 14.5 Å². The fourth-order valence-electron chi connectivity index (χ4n) is 2.03. The van der Waals surface area contributed by atoms with Crippen LogP contribution in [0.2, 0.25) is 0 Å². The van der Waals surface area contributed by atoms with Crippen LogP contribution in [0.1, 0.15) is 38.2 Å². The predicted octanol–water partition coefficient (Wildman–Crippen LogP) is 4.78. The molecule has 0 unspecified atom stereocenters. The second-order valence-electron chi connectivity index (χ2n) is 4.20. The van der Waals surface area contributed by atoms with Crippen molar-refractivity contribution in [1.29, 1.82) is 0 Å². The van der Waals surface area contributed by atoms with Gasteiger partial charge in [0, 0.05) is 0 Å². The van der Waals surface area contributed by atoms with Crippen LogP contribution in [0.15, 0.2) is 27.6 Å². The Bertz CT molecular complexity index is 459. The zero-order valence-electron chi connectivity index (χ0n) is 9.63. The number of halogens is 1. The molecule has 2 aromatic rings. The van der Waals surface area contributed by atoms with Crippen LogP contribution >= 0.6 is 15.9 Å². The van der Waals surface area contributed by atoms with E-state index in [-0.39, 0.29) is 0 Å². The summed E-state index contributed by atoms with van der Waals surface area (Å²) in [5, 5.41) is 1.44. The van der Waals surface area contributed by atoms with Crippen LogP contribution in [-0.2, 0) is 6.42 Å². The first-order valence-corrected chi connectivity index (χ1v) is 8.49. The predicted molar refractivity (Wildman–Crippen MR) is 76.4 cm³/mol. The molecule has 0 saturated carbocycles. The molecule has 0 fully saturated rings. The summed E-state index contributed by atoms with van der Waals surface area (Å²) in [6.45, 7) is 2.27. The third-order valence-corrected chi connectivity index (χ3v) is 6.09. The summed E-state index contributed by atoms with van der Waals surface area (Å²) in [5.41, 5.74) is 1.58. The first kappa shape index (κ1) is 12.4. The number of aryl methyl sites for hydroxylation is 1. The summed E-state index contributed by atoms with van der Waals surface area (Å²) in [4.78, 5) is 0. The fourth-order valence-corrected chi connectivity index (χ4v) is 5.06. The van der Waals surface area contributed by atoms with Crippen LogP contribution in [0.25, 0.3) is 9.65 Å². The minimum atomic E-state index is 0.524. The zero-order chi connectivity index (χ0) is 11.4. The van der Waals surface area contributed by atoms with Crippen molar-refractivity contribution in [3.8, 4) is 0 Å². The standard InChI is InChI=1S/C14H17BrSe/c1-2-3-4-5-7-11-8-6-9-12-10-13(15)16-14(11)12/h6,8-10H,2-5,7H2,1H3. The Morgan fingerprint density at radius 1 is 1.19 bits per heavy atom. The van der Waals surface area contributed by atoms with Crippen LogP contribution < -0.4 is 0 Å². The van der Waals surface area contributed by atoms with E-state index in [9.17, 15) is 0 Å². The van der Waals surface area contributed by atoms with E-state index in [2.05, 4.69) is 47.1 Å². The second-order valence-corrected chi connectivity index (χ2v) is 8.44. The Morgan fingerprint density at radius 2 is 2.06 bits per heavy atom. The second kappa shape index (κ2) is 6.05. The summed E-state index contributed by atoms with van der Waals surface area (Å²) in [7, 11) is 0. The Labute approximate surface area is 112 Å². The van der Waals surface area contributed by atoms with Crippen molar-refractivity contribution >= 4 is 40.1 Å². The van der Waals surface area contributed by atoms with Crippen LogP contribution in [0.5, 0.6) is 0 Å². The van der Waals surface area contributed by atoms with E-state index in [0.717, 1.165) is 0 Å². The number of hydrogen-bond donors (Lipinski definition) is 0. The normalized spacial score (nSPS) is 11.1. The van der Waals surface area contributed by atoms with Crippen LogP contribution in [0.3, 0.4) is 0 Å². The number of benzene rings is 1. The third-order valence-electron chi connectivity index (χ3n) is 2.90. The molecule has 0 aliphatic rings. The van der Waals surface area contributed by atoms with Gasteiger partial charge >= 0.3 is 112 Å².